The highest BCUT2D eigenvalue weighted by atomic mass is 16.1. The van der Waals surface area contributed by atoms with Gasteiger partial charge in [-0.25, -0.2) is 9.97 Å². The number of anilines is 1. The Kier molecular flexibility index (Phi) is 3.74. The van der Waals surface area contributed by atoms with Crippen molar-refractivity contribution in [1.82, 2.24) is 19.9 Å². The molecule has 1 amide bonds. The van der Waals surface area contributed by atoms with Crippen LogP contribution in [0.1, 0.15) is 13.8 Å². The Morgan fingerprint density at radius 1 is 1.05 bits per heavy atom. The second kappa shape index (κ2) is 5.85. The lowest BCUT2D eigenvalue weighted by atomic mass is 10.2. The molecule has 3 heterocycles. The number of amides is 1. The van der Waals surface area contributed by atoms with Crippen molar-refractivity contribution in [2.24, 2.45) is 5.92 Å². The van der Waals surface area contributed by atoms with Gasteiger partial charge in [0.15, 0.2) is 5.82 Å². The molecule has 0 spiro atoms. The van der Waals surface area contributed by atoms with E-state index in [9.17, 15) is 4.79 Å². The summed E-state index contributed by atoms with van der Waals surface area (Å²) in [5, 5.41) is 3.63. The highest BCUT2D eigenvalue weighted by Gasteiger charge is 2.13. The Labute approximate surface area is 127 Å². The van der Waals surface area contributed by atoms with Gasteiger partial charge in [-0.3, -0.25) is 14.8 Å². The molecule has 22 heavy (non-hydrogen) atoms. The van der Waals surface area contributed by atoms with Crippen LogP contribution in [-0.4, -0.2) is 25.8 Å². The maximum Gasteiger partial charge on any atom is 0.228 e. The van der Waals surface area contributed by atoms with Crippen LogP contribution in [-0.2, 0) is 4.79 Å². The van der Waals surface area contributed by atoms with E-state index in [-0.39, 0.29) is 11.8 Å². The molecular formula is C16H15N5O. The molecule has 3 aromatic rings. The molecule has 0 bridgehead atoms. The third-order valence-corrected chi connectivity index (χ3v) is 3.20. The molecule has 6 nitrogen and oxygen atoms in total. The molecule has 0 unspecified atom stereocenters. The molecule has 0 radical (unpaired) electrons. The van der Waals surface area contributed by atoms with Crippen LogP contribution in [0.25, 0.3) is 22.3 Å². The van der Waals surface area contributed by atoms with Gasteiger partial charge in [-0.15, -0.1) is 0 Å². The lowest BCUT2D eigenvalue weighted by Gasteiger charge is -2.11. The number of pyridine rings is 2. The van der Waals surface area contributed by atoms with Crippen molar-refractivity contribution in [1.29, 1.82) is 0 Å². The predicted octanol–water partition coefficient (Wildman–Crippen LogP) is 2.68. The van der Waals surface area contributed by atoms with Crippen molar-refractivity contribution in [3.8, 4) is 11.4 Å². The van der Waals surface area contributed by atoms with E-state index in [1.54, 1.807) is 30.9 Å². The Morgan fingerprint density at radius 2 is 1.77 bits per heavy atom. The van der Waals surface area contributed by atoms with E-state index < -0.39 is 0 Å². The lowest BCUT2D eigenvalue weighted by molar-refractivity contribution is -0.118. The first-order chi connectivity index (χ1) is 10.6. The quantitative estimate of drug-likeness (QED) is 0.803. The lowest BCUT2D eigenvalue weighted by Crippen LogP contribution is -2.19. The van der Waals surface area contributed by atoms with Gasteiger partial charge in [-0.05, 0) is 18.2 Å². The molecule has 0 aromatic carbocycles. The zero-order valence-corrected chi connectivity index (χ0v) is 12.3. The third-order valence-electron chi connectivity index (χ3n) is 3.20. The molecule has 3 aromatic heterocycles. The minimum Gasteiger partial charge on any atom is -0.310 e. The first-order valence-electron chi connectivity index (χ1n) is 6.98. The number of fused-ring (bicyclic) bond motifs is 1. The van der Waals surface area contributed by atoms with E-state index in [2.05, 4.69) is 25.3 Å². The molecular weight excluding hydrogens is 278 g/mol. The summed E-state index contributed by atoms with van der Waals surface area (Å²) >= 11 is 0. The summed E-state index contributed by atoms with van der Waals surface area (Å²) < 4.78 is 0. The van der Waals surface area contributed by atoms with Crippen LogP contribution in [0.3, 0.4) is 0 Å². The summed E-state index contributed by atoms with van der Waals surface area (Å²) in [6.07, 6.45) is 6.67. The van der Waals surface area contributed by atoms with Crippen LogP contribution in [0.2, 0.25) is 0 Å². The first kappa shape index (κ1) is 14.1. The molecule has 110 valence electrons. The zero-order chi connectivity index (χ0) is 15.5. The van der Waals surface area contributed by atoms with Crippen molar-refractivity contribution in [2.45, 2.75) is 13.8 Å². The van der Waals surface area contributed by atoms with Crippen LogP contribution in [0.4, 0.5) is 5.82 Å². The van der Waals surface area contributed by atoms with E-state index in [0.29, 0.717) is 17.2 Å². The van der Waals surface area contributed by atoms with Crippen molar-refractivity contribution in [3.63, 3.8) is 0 Å². The minimum absolute atomic E-state index is 0.0857. The van der Waals surface area contributed by atoms with Gasteiger partial charge >= 0.3 is 0 Å². The van der Waals surface area contributed by atoms with Crippen molar-refractivity contribution < 1.29 is 4.79 Å². The van der Waals surface area contributed by atoms with Crippen LogP contribution < -0.4 is 5.32 Å². The summed E-state index contributed by atoms with van der Waals surface area (Å²) in [4.78, 5) is 29.1. The molecule has 0 saturated carbocycles. The van der Waals surface area contributed by atoms with E-state index in [1.807, 2.05) is 26.0 Å². The summed E-state index contributed by atoms with van der Waals surface area (Å²) in [7, 11) is 0. The average Bonchev–Trinajstić information content (AvgIpc) is 2.55. The van der Waals surface area contributed by atoms with Crippen molar-refractivity contribution in [3.05, 3.63) is 43.0 Å². The summed E-state index contributed by atoms with van der Waals surface area (Å²) in [5.41, 5.74) is 1.52. The van der Waals surface area contributed by atoms with Gasteiger partial charge < -0.3 is 5.32 Å². The maximum atomic E-state index is 12.0. The van der Waals surface area contributed by atoms with Crippen molar-refractivity contribution in [2.75, 3.05) is 5.32 Å². The van der Waals surface area contributed by atoms with Gasteiger partial charge in [-0.1, -0.05) is 13.8 Å². The van der Waals surface area contributed by atoms with Gasteiger partial charge in [0.1, 0.15) is 5.82 Å². The third kappa shape index (κ3) is 2.76. The van der Waals surface area contributed by atoms with Crippen LogP contribution >= 0.6 is 0 Å². The Hall–Kier alpha value is -2.89. The summed E-state index contributed by atoms with van der Waals surface area (Å²) in [6, 6.07) is 5.44. The molecule has 6 heteroatoms. The highest BCUT2D eigenvalue weighted by Crippen LogP contribution is 2.24. The van der Waals surface area contributed by atoms with Crippen LogP contribution in [0, 0.1) is 5.92 Å². The number of carbonyl (C=O) groups excluding carboxylic acids is 1. The molecule has 0 aliphatic carbocycles. The largest absolute Gasteiger partial charge is 0.310 e. The van der Waals surface area contributed by atoms with Crippen molar-refractivity contribution >= 4 is 22.6 Å². The van der Waals surface area contributed by atoms with Gasteiger partial charge in [0.05, 0.1) is 11.7 Å². The standard InChI is InChI=1S/C16H15N5O/c1-10(2)16(22)21-15-12-5-8-18-9-13(12)19-14(20-15)11-3-6-17-7-4-11/h3-10H,1-2H3,(H,19,20,21,22). The van der Waals surface area contributed by atoms with E-state index in [4.69, 9.17) is 0 Å². The molecule has 0 atom stereocenters. The zero-order valence-electron chi connectivity index (χ0n) is 12.3. The number of carbonyl (C=O) groups is 1. The SMILES string of the molecule is CC(C)C(=O)Nc1nc(-c2ccncc2)nc2cnccc12. The summed E-state index contributed by atoms with van der Waals surface area (Å²) in [6.45, 7) is 3.67. The fourth-order valence-electron chi connectivity index (χ4n) is 1.97. The van der Waals surface area contributed by atoms with Gasteiger partial charge in [-0.2, -0.15) is 0 Å². The topological polar surface area (TPSA) is 80.7 Å². The number of hydrogen-bond acceptors (Lipinski definition) is 5. The number of nitrogens with one attached hydrogen (secondary N) is 1. The molecule has 0 aliphatic heterocycles. The smallest absolute Gasteiger partial charge is 0.228 e. The van der Waals surface area contributed by atoms with Gasteiger partial charge in [0, 0.05) is 35.5 Å². The Bertz CT molecular complexity index is 817. The molecule has 0 aliphatic rings. The number of aromatic nitrogens is 4. The van der Waals surface area contributed by atoms with E-state index in [0.717, 1.165) is 10.9 Å². The fraction of sp³-hybridized carbons (Fsp3) is 0.188. The van der Waals surface area contributed by atoms with E-state index >= 15 is 0 Å². The van der Waals surface area contributed by atoms with Gasteiger partial charge in [0.25, 0.3) is 0 Å². The second-order valence-corrected chi connectivity index (χ2v) is 5.17. The molecule has 0 saturated heterocycles. The Balaban J connectivity index is 2.14. The second-order valence-electron chi connectivity index (χ2n) is 5.17. The average molecular weight is 293 g/mol. The predicted molar refractivity (Wildman–Crippen MR) is 84.0 cm³/mol. The molecule has 1 N–H and O–H groups in total. The molecule has 0 fully saturated rings. The number of hydrogen-bond donors (Lipinski definition) is 1. The van der Waals surface area contributed by atoms with Gasteiger partial charge in [0.2, 0.25) is 5.91 Å². The monoisotopic (exact) mass is 293 g/mol. The maximum absolute atomic E-state index is 12.0. The number of nitrogens with zero attached hydrogens (tertiary/aromatic N) is 4. The molecule has 3 rings (SSSR count). The first-order valence-corrected chi connectivity index (χ1v) is 6.98. The Morgan fingerprint density at radius 3 is 2.50 bits per heavy atom. The summed E-state index contributed by atoms with van der Waals surface area (Å²) in [5.74, 6) is 0.814. The fourth-order valence-corrected chi connectivity index (χ4v) is 1.97. The van der Waals surface area contributed by atoms with E-state index in [1.165, 1.54) is 0 Å². The van der Waals surface area contributed by atoms with Crippen LogP contribution in [0.5, 0.6) is 0 Å². The normalized spacial score (nSPS) is 10.9. The highest BCUT2D eigenvalue weighted by molar-refractivity contribution is 6.00. The number of rotatable bonds is 3. The van der Waals surface area contributed by atoms with Crippen LogP contribution in [0.15, 0.2) is 43.0 Å². The minimum atomic E-state index is -0.128.